The molecule has 0 radical (unpaired) electrons. The van der Waals surface area contributed by atoms with Gasteiger partial charge in [-0.05, 0) is 18.2 Å². The van der Waals surface area contributed by atoms with Crippen LogP contribution in [0, 0.1) is 0 Å². The molecular formula is C12H6Cl3NO2S2. The second-order valence-corrected chi connectivity index (χ2v) is 7.77. The van der Waals surface area contributed by atoms with E-state index in [1.54, 1.807) is 30.3 Å². The Bertz CT molecular complexity index is 611. The summed E-state index contributed by atoms with van der Waals surface area (Å²) in [4.78, 5) is 25.4. The highest BCUT2D eigenvalue weighted by Crippen LogP contribution is 2.37. The van der Waals surface area contributed by atoms with Crippen LogP contribution in [0.3, 0.4) is 0 Å². The van der Waals surface area contributed by atoms with E-state index in [0.717, 1.165) is 22.7 Å². The lowest BCUT2D eigenvalue weighted by Gasteiger charge is -2.12. The minimum absolute atomic E-state index is 0.115. The number of hydrogen-bond donors (Lipinski definition) is 0. The zero-order valence-electron chi connectivity index (χ0n) is 9.68. The number of alkyl halides is 3. The van der Waals surface area contributed by atoms with Gasteiger partial charge in [-0.1, -0.05) is 77.0 Å². The van der Waals surface area contributed by atoms with Gasteiger partial charge in [0.25, 0.3) is 11.8 Å². The van der Waals surface area contributed by atoms with Crippen LogP contribution in [0.2, 0.25) is 0 Å². The molecule has 0 saturated carbocycles. The van der Waals surface area contributed by atoms with E-state index in [2.05, 4.69) is 0 Å². The normalized spacial score (nSPS) is 17.9. The Hall–Kier alpha value is -0.590. The molecule has 0 aliphatic carbocycles. The molecule has 0 bridgehead atoms. The number of halogens is 3. The van der Waals surface area contributed by atoms with Gasteiger partial charge in [0.1, 0.15) is 0 Å². The molecule has 1 aliphatic heterocycles. The van der Waals surface area contributed by atoms with Crippen LogP contribution in [0.4, 0.5) is 0 Å². The number of carbonyl (C=O) groups is 2. The monoisotopic (exact) mass is 365 g/mol. The van der Waals surface area contributed by atoms with Gasteiger partial charge in [-0.15, -0.1) is 0 Å². The molecule has 1 saturated heterocycles. The van der Waals surface area contributed by atoms with Gasteiger partial charge in [0.15, 0.2) is 4.32 Å². The lowest BCUT2D eigenvalue weighted by molar-refractivity contribution is -0.120. The molecule has 0 N–H and O–H groups in total. The zero-order valence-corrected chi connectivity index (χ0v) is 13.6. The Morgan fingerprint density at radius 1 is 1.25 bits per heavy atom. The molecule has 1 fully saturated rings. The summed E-state index contributed by atoms with van der Waals surface area (Å²) in [6, 6.07) is 8.35. The van der Waals surface area contributed by atoms with Crippen molar-refractivity contribution in [2.24, 2.45) is 0 Å². The lowest BCUT2D eigenvalue weighted by Crippen LogP contribution is -2.34. The molecule has 1 aromatic rings. The Kier molecular flexibility index (Phi) is 4.76. The quantitative estimate of drug-likeness (QED) is 0.326. The zero-order chi connectivity index (χ0) is 14.9. The summed E-state index contributed by atoms with van der Waals surface area (Å²) in [5.74, 6) is -1.08. The standard InChI is InChI=1S/C12H6Cl3NO2S2/c13-12(14,15)6-8-10(18)16(11(19)20-8)9(17)7-4-2-1-3-5-7/h1-6H/b8-6+. The maximum Gasteiger partial charge on any atom is 0.273 e. The van der Waals surface area contributed by atoms with Gasteiger partial charge < -0.3 is 0 Å². The van der Waals surface area contributed by atoms with E-state index in [4.69, 9.17) is 47.0 Å². The molecule has 2 amide bonds. The number of imide groups is 1. The first-order valence-corrected chi connectivity index (χ1v) is 7.61. The number of benzene rings is 1. The van der Waals surface area contributed by atoms with Gasteiger partial charge in [0, 0.05) is 5.56 Å². The predicted molar refractivity (Wildman–Crippen MR) is 86.2 cm³/mol. The van der Waals surface area contributed by atoms with Crippen molar-refractivity contribution in [1.82, 2.24) is 4.90 Å². The summed E-state index contributed by atoms with van der Waals surface area (Å²) in [7, 11) is 0. The van der Waals surface area contributed by atoms with E-state index < -0.39 is 15.6 Å². The van der Waals surface area contributed by atoms with Crippen molar-refractivity contribution in [1.29, 1.82) is 0 Å². The van der Waals surface area contributed by atoms with E-state index in [9.17, 15) is 9.59 Å². The second kappa shape index (κ2) is 6.03. The highest BCUT2D eigenvalue weighted by molar-refractivity contribution is 8.26. The van der Waals surface area contributed by atoms with Crippen molar-refractivity contribution in [3.8, 4) is 0 Å². The van der Waals surface area contributed by atoms with Crippen LogP contribution < -0.4 is 0 Å². The van der Waals surface area contributed by atoms with Gasteiger partial charge in [-0.25, -0.2) is 4.90 Å². The summed E-state index contributed by atoms with van der Waals surface area (Å²) >= 11 is 22.8. The van der Waals surface area contributed by atoms with Crippen LogP contribution in [0.25, 0.3) is 0 Å². The van der Waals surface area contributed by atoms with Crippen molar-refractivity contribution in [3.05, 3.63) is 46.9 Å². The largest absolute Gasteiger partial charge is 0.273 e. The molecule has 8 heteroatoms. The van der Waals surface area contributed by atoms with Crippen LogP contribution in [-0.4, -0.2) is 24.8 Å². The van der Waals surface area contributed by atoms with Crippen LogP contribution in [0.15, 0.2) is 41.3 Å². The summed E-state index contributed by atoms with van der Waals surface area (Å²) in [5.41, 5.74) is 0.360. The predicted octanol–water partition coefficient (Wildman–Crippen LogP) is 3.94. The Morgan fingerprint density at radius 2 is 1.85 bits per heavy atom. The third-order valence-electron chi connectivity index (χ3n) is 2.31. The minimum Gasteiger partial charge on any atom is -0.268 e. The third kappa shape index (κ3) is 3.54. The molecule has 1 aliphatic rings. The summed E-state index contributed by atoms with van der Waals surface area (Å²) < 4.78 is -1.61. The topological polar surface area (TPSA) is 37.4 Å². The first-order valence-electron chi connectivity index (χ1n) is 5.25. The van der Waals surface area contributed by atoms with E-state index >= 15 is 0 Å². The first kappa shape index (κ1) is 15.8. The number of allylic oxidation sites excluding steroid dienone is 1. The summed E-state index contributed by atoms with van der Waals surface area (Å²) in [5, 5.41) is 0. The third-order valence-corrected chi connectivity index (χ3v) is 3.94. The molecule has 0 aromatic heterocycles. The van der Waals surface area contributed by atoms with Crippen molar-refractivity contribution in [2.45, 2.75) is 3.79 Å². The average Bonchev–Trinajstić information content (AvgIpc) is 2.63. The number of carbonyl (C=O) groups excluding carboxylic acids is 2. The van der Waals surface area contributed by atoms with Crippen molar-refractivity contribution >= 4 is 74.9 Å². The number of hydrogen-bond acceptors (Lipinski definition) is 4. The number of amides is 2. The van der Waals surface area contributed by atoms with E-state index in [0.29, 0.717) is 5.56 Å². The molecular weight excluding hydrogens is 361 g/mol. The van der Waals surface area contributed by atoms with E-state index in [1.165, 1.54) is 0 Å². The van der Waals surface area contributed by atoms with E-state index in [1.807, 2.05) is 0 Å². The van der Waals surface area contributed by atoms with E-state index in [-0.39, 0.29) is 9.23 Å². The van der Waals surface area contributed by atoms with Crippen molar-refractivity contribution < 1.29 is 9.59 Å². The highest BCUT2D eigenvalue weighted by atomic mass is 35.6. The highest BCUT2D eigenvalue weighted by Gasteiger charge is 2.38. The molecule has 0 spiro atoms. The fourth-order valence-corrected chi connectivity index (χ4v) is 3.32. The Balaban J connectivity index is 2.31. The fraction of sp³-hybridized carbons (Fsp3) is 0.0833. The maximum atomic E-state index is 12.3. The minimum atomic E-state index is -1.72. The lowest BCUT2D eigenvalue weighted by atomic mass is 10.2. The maximum absolute atomic E-state index is 12.3. The number of thioether (sulfide) groups is 1. The Labute approximate surface area is 139 Å². The average molecular weight is 367 g/mol. The van der Waals surface area contributed by atoms with Gasteiger partial charge in [-0.3, -0.25) is 9.59 Å². The molecule has 20 heavy (non-hydrogen) atoms. The summed E-state index contributed by atoms with van der Waals surface area (Å²) in [6.45, 7) is 0. The summed E-state index contributed by atoms with van der Waals surface area (Å²) in [6.07, 6.45) is 1.15. The van der Waals surface area contributed by atoms with Crippen LogP contribution in [-0.2, 0) is 4.79 Å². The molecule has 0 unspecified atom stereocenters. The van der Waals surface area contributed by atoms with Crippen molar-refractivity contribution in [3.63, 3.8) is 0 Å². The fourth-order valence-electron chi connectivity index (χ4n) is 1.50. The van der Waals surface area contributed by atoms with Gasteiger partial charge in [0.2, 0.25) is 3.79 Å². The van der Waals surface area contributed by atoms with Crippen LogP contribution >= 0.6 is 58.8 Å². The van der Waals surface area contributed by atoms with Gasteiger partial charge >= 0.3 is 0 Å². The molecule has 104 valence electrons. The smallest absolute Gasteiger partial charge is 0.268 e. The van der Waals surface area contributed by atoms with Crippen LogP contribution in [0.5, 0.6) is 0 Å². The molecule has 3 nitrogen and oxygen atoms in total. The molecule has 1 aromatic carbocycles. The SMILES string of the molecule is O=C1/C(=C\C(Cl)(Cl)Cl)SC(=S)N1C(=O)c1ccccc1. The van der Waals surface area contributed by atoms with Gasteiger partial charge in [-0.2, -0.15) is 0 Å². The first-order chi connectivity index (χ1) is 9.29. The molecule has 1 heterocycles. The van der Waals surface area contributed by atoms with Crippen molar-refractivity contribution in [2.75, 3.05) is 0 Å². The number of thiocarbonyl (C=S) groups is 1. The van der Waals surface area contributed by atoms with Crippen LogP contribution in [0.1, 0.15) is 10.4 Å². The van der Waals surface area contributed by atoms with Gasteiger partial charge in [0.05, 0.1) is 4.91 Å². The number of nitrogens with zero attached hydrogens (tertiary/aromatic N) is 1. The second-order valence-electron chi connectivity index (χ2n) is 3.73. The Morgan fingerprint density at radius 3 is 2.40 bits per heavy atom. The molecule has 0 atom stereocenters. The molecule has 2 rings (SSSR count). The number of rotatable bonds is 1.